The van der Waals surface area contributed by atoms with Gasteiger partial charge in [0.15, 0.2) is 12.5 Å². The maximum absolute atomic E-state index is 12.5. The molecule has 2 fully saturated rings. The molecule has 24 heteroatoms. The number of carbonyl (C=O) groups excluding carboxylic acids is 1. The van der Waals surface area contributed by atoms with Crippen LogP contribution < -0.4 is 26.4 Å². The molecule has 42 heavy (non-hydrogen) atoms. The number of aromatic amines is 1. The number of ether oxygens (including phenoxy) is 2. The first-order chi connectivity index (χ1) is 19.6. The molecule has 240 valence electrons. The Morgan fingerprint density at radius 1 is 1.10 bits per heavy atom. The largest absolute Gasteiger partial charge is 0.756 e. The summed E-state index contributed by atoms with van der Waals surface area (Å²) in [7, 11) is -9.52. The van der Waals surface area contributed by atoms with Gasteiger partial charge in [-0.25, -0.2) is 9.11 Å². The zero-order valence-corrected chi connectivity index (χ0v) is 24.7. The lowest BCUT2D eigenvalue weighted by atomic mass is 9.97. The number of nitrogens with zero attached hydrogens (tertiary/aromatic N) is 1. The van der Waals surface area contributed by atoms with E-state index in [0.29, 0.717) is 4.57 Å². The summed E-state index contributed by atoms with van der Waals surface area (Å²) in [6, 6.07) is -0.857. The number of phosphoric ester groups is 2. The van der Waals surface area contributed by atoms with E-state index in [-0.39, 0.29) is 5.75 Å². The molecule has 0 spiro atoms. The molecule has 0 bridgehead atoms. The van der Waals surface area contributed by atoms with E-state index < -0.39 is 101 Å². The van der Waals surface area contributed by atoms with Crippen molar-refractivity contribution in [3.63, 3.8) is 0 Å². The minimum atomic E-state index is -5.97. The third-order valence-electron chi connectivity index (χ3n) is 5.81. The van der Waals surface area contributed by atoms with Crippen molar-refractivity contribution >= 4 is 43.1 Å². The molecule has 2 saturated heterocycles. The first-order valence-corrected chi connectivity index (χ1v) is 17.3. The van der Waals surface area contributed by atoms with Crippen molar-refractivity contribution in [1.29, 1.82) is 0 Å². The lowest BCUT2D eigenvalue weighted by Gasteiger charge is -2.44. The minimum Gasteiger partial charge on any atom is -0.756 e. The van der Waals surface area contributed by atoms with E-state index in [1.54, 1.807) is 6.26 Å². The smallest absolute Gasteiger partial charge is 0.330 e. The number of hydrogen-bond donors (Lipinski definition) is 7. The highest BCUT2D eigenvalue weighted by Gasteiger charge is 2.48. The minimum absolute atomic E-state index is 0.173. The van der Waals surface area contributed by atoms with Gasteiger partial charge in [0.25, 0.3) is 21.2 Å². The van der Waals surface area contributed by atoms with Crippen molar-refractivity contribution in [1.82, 2.24) is 14.9 Å². The van der Waals surface area contributed by atoms with Crippen LogP contribution in [0.3, 0.4) is 0 Å². The van der Waals surface area contributed by atoms with Gasteiger partial charge < -0.3 is 54.6 Å². The van der Waals surface area contributed by atoms with Gasteiger partial charge in [0, 0.05) is 12.3 Å². The van der Waals surface area contributed by atoms with Crippen LogP contribution in [0.4, 0.5) is 0 Å². The quantitative estimate of drug-likeness (QED) is 0.0756. The first kappa shape index (κ1) is 35.3. The van der Waals surface area contributed by atoms with Crippen LogP contribution in [0.15, 0.2) is 21.9 Å². The molecule has 2 aliphatic heterocycles. The molecular weight excluding hydrogens is 656 g/mol. The van der Waals surface area contributed by atoms with E-state index in [2.05, 4.69) is 18.7 Å². The number of aliphatic hydroxyl groups is 5. The topological polar surface area (TPSA) is 312 Å². The predicted octanol–water partition coefficient (Wildman–Crippen LogP) is -4.92. The highest BCUT2D eigenvalue weighted by molar-refractivity contribution is 8.76. The standard InChI is InChI=1S/C18H29N3O17P2S2/c1-41-42-6-10(24)19-11-14(27)12(25)7(4-22)36-17(11)37-40(32,33)38-39(30,31)34-5-8-13(26)15(28)16(35-8)21-3-2-9(23)20-18(21)29/h2-3,7-8,11-17,22,25-28H,4-6H2,1H3,(H,19,24)(H,30,31)(H,32,33)(H,20,23,29)/p-2. The van der Waals surface area contributed by atoms with Gasteiger partial charge in [-0.3, -0.25) is 32.8 Å². The van der Waals surface area contributed by atoms with Crippen molar-refractivity contribution in [2.24, 2.45) is 0 Å². The van der Waals surface area contributed by atoms with E-state index in [0.717, 1.165) is 23.1 Å². The third kappa shape index (κ3) is 8.94. The molecule has 1 amide bonds. The summed E-state index contributed by atoms with van der Waals surface area (Å²) in [6.07, 6.45) is -11.8. The Kier molecular flexibility index (Phi) is 12.4. The fourth-order valence-electron chi connectivity index (χ4n) is 3.85. The van der Waals surface area contributed by atoms with Crippen LogP contribution in [-0.4, -0.2) is 115 Å². The number of phosphoric acid groups is 2. The van der Waals surface area contributed by atoms with E-state index in [1.807, 2.05) is 4.98 Å². The zero-order chi connectivity index (χ0) is 31.4. The van der Waals surface area contributed by atoms with Gasteiger partial charge in [0.1, 0.15) is 42.7 Å². The molecule has 0 aliphatic carbocycles. The molecule has 3 heterocycles. The van der Waals surface area contributed by atoms with Gasteiger partial charge in [-0.15, -0.1) is 0 Å². The van der Waals surface area contributed by atoms with Gasteiger partial charge in [-0.05, 0) is 6.26 Å². The summed E-state index contributed by atoms with van der Waals surface area (Å²) >= 11 is 0. The third-order valence-corrected chi connectivity index (χ3v) is 10.0. The molecule has 11 atom stereocenters. The lowest BCUT2D eigenvalue weighted by Crippen LogP contribution is -2.64. The Balaban J connectivity index is 1.66. The average molecular weight is 684 g/mol. The van der Waals surface area contributed by atoms with E-state index >= 15 is 0 Å². The monoisotopic (exact) mass is 683 g/mol. The summed E-state index contributed by atoms with van der Waals surface area (Å²) < 4.78 is 48.8. The van der Waals surface area contributed by atoms with Gasteiger partial charge >= 0.3 is 5.69 Å². The molecule has 0 saturated carbocycles. The molecule has 20 nitrogen and oxygen atoms in total. The zero-order valence-electron chi connectivity index (χ0n) is 21.3. The van der Waals surface area contributed by atoms with Crippen LogP contribution in [0.1, 0.15) is 6.23 Å². The molecule has 1 aromatic rings. The summed E-state index contributed by atoms with van der Waals surface area (Å²) in [5.41, 5.74) is -1.79. The SMILES string of the molecule is CSSCC(=O)NC1C(OP(=O)([O-])OP(=O)([O-])OCC2OC(n3ccc(=O)[nH]c3=O)C(O)C2O)OC(CO)C(O)C1O. The Bertz CT molecular complexity index is 1300. The summed E-state index contributed by atoms with van der Waals surface area (Å²) in [6.45, 7) is -2.06. The highest BCUT2D eigenvalue weighted by Crippen LogP contribution is 2.57. The van der Waals surface area contributed by atoms with Crippen molar-refractivity contribution in [3.8, 4) is 0 Å². The second-order valence-corrected chi connectivity index (χ2v) is 14.1. The normalized spacial score (nSPS) is 34.4. The fourth-order valence-corrected chi connectivity index (χ4v) is 6.92. The van der Waals surface area contributed by atoms with Crippen LogP contribution in [0.5, 0.6) is 0 Å². The number of carbonyl (C=O) groups is 1. The Labute approximate surface area is 243 Å². The maximum atomic E-state index is 12.5. The van der Waals surface area contributed by atoms with Crippen LogP contribution in [0, 0.1) is 0 Å². The summed E-state index contributed by atoms with van der Waals surface area (Å²) in [5, 5.41) is 52.5. The fraction of sp³-hybridized carbons (Fsp3) is 0.722. The van der Waals surface area contributed by atoms with E-state index in [4.69, 9.17) is 9.47 Å². The second kappa shape index (κ2) is 14.7. The Morgan fingerprint density at radius 2 is 1.76 bits per heavy atom. The van der Waals surface area contributed by atoms with Crippen LogP contribution in [-0.2, 0) is 36.8 Å². The molecule has 0 radical (unpaired) electrons. The molecule has 1 aromatic heterocycles. The van der Waals surface area contributed by atoms with Gasteiger partial charge in [-0.1, -0.05) is 21.6 Å². The first-order valence-electron chi connectivity index (χ1n) is 11.7. The molecule has 0 aromatic carbocycles. The molecule has 11 unspecified atom stereocenters. The van der Waals surface area contributed by atoms with Gasteiger partial charge in [-0.2, -0.15) is 0 Å². The molecule has 3 rings (SSSR count). The predicted molar refractivity (Wildman–Crippen MR) is 136 cm³/mol. The molecular formula is C18H27N3O17P2S2-2. The van der Waals surface area contributed by atoms with Crippen molar-refractivity contribution in [2.75, 3.05) is 25.2 Å². The highest BCUT2D eigenvalue weighted by atomic mass is 33.1. The molecule has 2 aliphatic rings. The maximum Gasteiger partial charge on any atom is 0.330 e. The van der Waals surface area contributed by atoms with Crippen molar-refractivity contribution in [3.05, 3.63) is 33.1 Å². The van der Waals surface area contributed by atoms with E-state index in [9.17, 15) is 58.8 Å². The van der Waals surface area contributed by atoms with Gasteiger partial charge in [0.2, 0.25) is 5.91 Å². The number of hydrogen-bond acceptors (Lipinski definition) is 19. The van der Waals surface area contributed by atoms with Crippen LogP contribution >= 0.6 is 37.2 Å². The number of amides is 1. The second-order valence-electron chi connectivity index (χ2n) is 8.67. The average Bonchev–Trinajstić information content (AvgIpc) is 3.18. The van der Waals surface area contributed by atoms with E-state index in [1.165, 1.54) is 10.8 Å². The number of rotatable bonds is 13. The van der Waals surface area contributed by atoms with Crippen molar-refractivity contribution in [2.45, 2.75) is 55.2 Å². The summed E-state index contributed by atoms with van der Waals surface area (Å²) in [5.74, 6) is -0.919. The number of aliphatic hydroxyl groups excluding tert-OH is 5. The number of nitrogens with one attached hydrogen (secondary N) is 2. The summed E-state index contributed by atoms with van der Waals surface area (Å²) in [4.78, 5) is 62.0. The van der Waals surface area contributed by atoms with Crippen LogP contribution in [0.25, 0.3) is 0 Å². The van der Waals surface area contributed by atoms with Gasteiger partial charge in [0.05, 0.1) is 19.0 Å². The van der Waals surface area contributed by atoms with Crippen LogP contribution in [0.2, 0.25) is 0 Å². The Morgan fingerprint density at radius 3 is 2.38 bits per heavy atom. The number of aromatic nitrogens is 2. The van der Waals surface area contributed by atoms with Crippen molar-refractivity contribution < 1.29 is 72.1 Å². The lowest BCUT2D eigenvalue weighted by molar-refractivity contribution is -0.285. The molecule has 7 N–H and O–H groups in total. The number of H-pyrrole nitrogens is 1. The Hall–Kier alpha value is -1.17.